The first-order valence-electron chi connectivity index (χ1n) is 15.1. The van der Waals surface area contributed by atoms with E-state index in [1.165, 1.54) is 4.52 Å². The molecule has 41 heavy (non-hydrogen) atoms. The molecule has 1 atom stereocenters. The van der Waals surface area contributed by atoms with Gasteiger partial charge in [-0.3, -0.25) is 9.89 Å². The van der Waals surface area contributed by atoms with E-state index in [4.69, 9.17) is 16.5 Å². The van der Waals surface area contributed by atoms with Gasteiger partial charge >= 0.3 is 0 Å². The van der Waals surface area contributed by atoms with Crippen molar-refractivity contribution in [1.29, 1.82) is 0 Å². The Morgan fingerprint density at radius 2 is 1.73 bits per heavy atom. The highest BCUT2D eigenvalue weighted by Gasteiger charge is 2.24. The number of nitrogens with zero attached hydrogens (tertiary/aromatic N) is 5. The molecule has 4 aromatic rings. The molecule has 0 aliphatic carbocycles. The molecular weight excluding hydrogens is 530 g/mol. The van der Waals surface area contributed by atoms with Crippen LogP contribution in [-0.2, 0) is 0 Å². The number of thiazole rings is 1. The van der Waals surface area contributed by atoms with Crippen molar-refractivity contribution in [3.05, 3.63) is 63.5 Å². The van der Waals surface area contributed by atoms with Crippen LogP contribution in [0.25, 0.3) is 21.7 Å². The van der Waals surface area contributed by atoms with Crippen molar-refractivity contribution >= 4 is 38.5 Å². The summed E-state index contributed by atoms with van der Waals surface area (Å²) in [5, 5.41) is 8.75. The Labute approximate surface area is 247 Å². The molecule has 0 bridgehead atoms. The largest absolute Gasteiger partial charge is 0.348 e. The lowest BCUT2D eigenvalue weighted by Gasteiger charge is -2.21. The van der Waals surface area contributed by atoms with Crippen LogP contribution < -0.4 is 15.8 Å². The van der Waals surface area contributed by atoms with Gasteiger partial charge < -0.3 is 10.2 Å². The lowest BCUT2D eigenvalue weighted by molar-refractivity contribution is 0.542. The third-order valence-corrected chi connectivity index (χ3v) is 8.69. The Bertz CT molecular complexity index is 1520. The van der Waals surface area contributed by atoms with E-state index >= 15 is 0 Å². The minimum Gasteiger partial charge on any atom is -0.348 e. The number of hydrogen-bond acceptors (Lipinski definition) is 6. The average Bonchev–Trinajstić information content (AvgIpc) is 3.62. The van der Waals surface area contributed by atoms with E-state index in [0.29, 0.717) is 16.9 Å². The molecule has 2 N–H and O–H groups in total. The quantitative estimate of drug-likeness (QED) is 0.139. The van der Waals surface area contributed by atoms with E-state index in [1.54, 1.807) is 11.3 Å². The zero-order chi connectivity index (χ0) is 29.4. The molecule has 3 heterocycles. The summed E-state index contributed by atoms with van der Waals surface area (Å²) in [5.74, 6) is 1.01. The van der Waals surface area contributed by atoms with E-state index in [2.05, 4.69) is 60.0 Å². The molecule has 1 aromatic carbocycles. The summed E-state index contributed by atoms with van der Waals surface area (Å²) < 4.78 is 1.45. The number of anilines is 3. The van der Waals surface area contributed by atoms with Crippen molar-refractivity contribution in [1.82, 2.24) is 19.6 Å². The van der Waals surface area contributed by atoms with Crippen molar-refractivity contribution < 1.29 is 0 Å². The number of pyridine rings is 1. The van der Waals surface area contributed by atoms with Gasteiger partial charge in [0.25, 0.3) is 11.2 Å². The number of fused-ring (bicyclic) bond motifs is 1. The smallest absolute Gasteiger partial charge is 0.277 e. The van der Waals surface area contributed by atoms with Gasteiger partial charge in [0.05, 0.1) is 12.3 Å². The van der Waals surface area contributed by atoms with Gasteiger partial charge in [0, 0.05) is 24.6 Å². The summed E-state index contributed by atoms with van der Waals surface area (Å²) in [4.78, 5) is 29.5. The highest BCUT2D eigenvalue weighted by molar-refractivity contribution is 7.20. The molecule has 218 valence electrons. The van der Waals surface area contributed by atoms with E-state index in [9.17, 15) is 4.79 Å². The molecule has 0 saturated heterocycles. The average molecular weight is 574 g/mol. The number of nitrogens with one attached hydrogen (secondary N) is 2. The zero-order valence-corrected chi connectivity index (χ0v) is 25.9. The van der Waals surface area contributed by atoms with Gasteiger partial charge in [-0.2, -0.15) is 0 Å². The second-order valence-electron chi connectivity index (χ2n) is 10.6. The molecule has 4 rings (SSSR count). The van der Waals surface area contributed by atoms with Crippen molar-refractivity contribution in [3.63, 3.8) is 0 Å². The van der Waals surface area contributed by atoms with Crippen molar-refractivity contribution in [2.75, 3.05) is 23.3 Å². The monoisotopic (exact) mass is 573 g/mol. The van der Waals surface area contributed by atoms with Crippen molar-refractivity contribution in [2.24, 2.45) is 0 Å². The van der Waals surface area contributed by atoms with Crippen LogP contribution in [0.4, 0.5) is 21.5 Å². The summed E-state index contributed by atoms with van der Waals surface area (Å²) in [6.45, 7) is 20.3. The number of hydrogen-bond donors (Lipinski definition) is 2. The maximum Gasteiger partial charge on any atom is 0.277 e. The predicted octanol–water partition coefficient (Wildman–Crippen LogP) is 8.84. The van der Waals surface area contributed by atoms with Crippen LogP contribution in [0.3, 0.4) is 0 Å². The van der Waals surface area contributed by atoms with E-state index in [0.717, 1.165) is 91.7 Å². The fourth-order valence-corrected chi connectivity index (χ4v) is 6.15. The molecular formula is C32H43N7OS. The van der Waals surface area contributed by atoms with E-state index in [-0.39, 0.29) is 17.2 Å². The summed E-state index contributed by atoms with van der Waals surface area (Å²) in [7, 11) is 0. The Hall–Kier alpha value is -3.64. The fourth-order valence-electron chi connectivity index (χ4n) is 5.11. The third kappa shape index (κ3) is 6.65. The van der Waals surface area contributed by atoms with E-state index in [1.807, 2.05) is 25.1 Å². The number of aromatic amines is 1. The van der Waals surface area contributed by atoms with Gasteiger partial charge in [-0.15, -0.1) is 0 Å². The molecule has 0 saturated carbocycles. The van der Waals surface area contributed by atoms with Gasteiger partial charge in [0.2, 0.25) is 0 Å². The number of benzene rings is 1. The molecule has 8 nitrogen and oxygen atoms in total. The highest BCUT2D eigenvalue weighted by Crippen LogP contribution is 2.41. The zero-order valence-electron chi connectivity index (χ0n) is 25.1. The molecule has 1 unspecified atom stereocenters. The fraction of sp³-hybridized carbons (Fsp3) is 0.500. The van der Waals surface area contributed by atoms with Gasteiger partial charge in [-0.25, -0.2) is 19.3 Å². The Morgan fingerprint density at radius 1 is 1.05 bits per heavy atom. The van der Waals surface area contributed by atoms with Crippen LogP contribution in [0.15, 0.2) is 35.1 Å². The number of H-pyrrole nitrogens is 1. The predicted molar refractivity (Wildman–Crippen MR) is 172 cm³/mol. The minimum absolute atomic E-state index is 0.0975. The Balaban J connectivity index is 1.87. The topological polar surface area (TPSA) is 82.7 Å². The summed E-state index contributed by atoms with van der Waals surface area (Å²) >= 11 is 1.62. The second-order valence-corrected chi connectivity index (χ2v) is 11.6. The van der Waals surface area contributed by atoms with Crippen molar-refractivity contribution in [2.45, 2.75) is 91.9 Å². The molecule has 0 spiro atoms. The first-order chi connectivity index (χ1) is 20.0. The molecule has 0 aliphatic heterocycles. The summed E-state index contributed by atoms with van der Waals surface area (Å²) in [5.41, 5.74) is 3.41. The van der Waals surface area contributed by atoms with Crippen LogP contribution in [0, 0.1) is 13.5 Å². The molecule has 0 amide bonds. The van der Waals surface area contributed by atoms with Gasteiger partial charge in [-0.1, -0.05) is 95.0 Å². The normalized spacial score (nSPS) is 12.0. The maximum absolute atomic E-state index is 13.3. The SMILES string of the molecule is [C-]#[N+]c1c(C)c(Nc2sc(N(CCCC)CCCC)nc2-c2ccccc2)c2nc(C(CC)CCCC)[nH]n2c1=O. The number of aromatic nitrogens is 4. The molecule has 0 fully saturated rings. The minimum atomic E-state index is -0.360. The summed E-state index contributed by atoms with van der Waals surface area (Å²) in [6, 6.07) is 10.2. The number of rotatable bonds is 15. The van der Waals surface area contributed by atoms with Crippen LogP contribution in [0.1, 0.15) is 96.4 Å². The Morgan fingerprint density at radius 3 is 2.34 bits per heavy atom. The van der Waals surface area contributed by atoms with Gasteiger partial charge in [0.1, 0.15) is 16.5 Å². The first kappa shape index (κ1) is 30.3. The maximum atomic E-state index is 13.3. The Kier molecular flexibility index (Phi) is 10.6. The van der Waals surface area contributed by atoms with Crippen molar-refractivity contribution in [3.8, 4) is 11.3 Å². The first-order valence-corrected chi connectivity index (χ1v) is 15.9. The van der Waals surface area contributed by atoms with Crippen LogP contribution >= 0.6 is 11.3 Å². The van der Waals surface area contributed by atoms with E-state index < -0.39 is 0 Å². The number of unbranched alkanes of at least 4 members (excludes halogenated alkanes) is 3. The lowest BCUT2D eigenvalue weighted by Crippen LogP contribution is -2.25. The molecule has 9 heteroatoms. The highest BCUT2D eigenvalue weighted by atomic mass is 32.1. The van der Waals surface area contributed by atoms with Crippen LogP contribution in [0.5, 0.6) is 0 Å². The second kappa shape index (κ2) is 14.3. The summed E-state index contributed by atoms with van der Waals surface area (Å²) in [6.07, 6.45) is 8.59. The van der Waals surface area contributed by atoms with Crippen LogP contribution in [-0.4, -0.2) is 32.7 Å². The van der Waals surface area contributed by atoms with Gasteiger partial charge in [0.15, 0.2) is 10.8 Å². The van der Waals surface area contributed by atoms with Gasteiger partial charge in [-0.05, 0) is 38.2 Å². The van der Waals surface area contributed by atoms with Crippen LogP contribution in [0.2, 0.25) is 0 Å². The molecule has 3 aromatic heterocycles. The lowest BCUT2D eigenvalue weighted by atomic mass is 9.99. The standard InChI is InChI=1S/C32H43N7OS/c1-7-11-17-23(10-4)28-36-29-25(22(5)26(33-6)31(40)39(29)37-28)34-30-27(24-18-15-14-16-19-24)35-32(41-30)38(20-12-8-2)21-13-9-3/h14-16,18-19,23,34H,7-13,17,20-21H2,1-5H3,(H,36,37). The molecule has 0 radical (unpaired) electrons. The third-order valence-electron chi connectivity index (χ3n) is 7.66. The molecule has 0 aliphatic rings.